The molecule has 2 aliphatic heterocycles. The van der Waals surface area contributed by atoms with E-state index in [2.05, 4.69) is 70.9 Å². The smallest absolute Gasteiger partial charge is 0.229 e. The highest BCUT2D eigenvalue weighted by molar-refractivity contribution is 5.88. The van der Waals surface area contributed by atoms with Gasteiger partial charge in [-0.3, -0.25) is 9.59 Å². The maximum absolute atomic E-state index is 13.5. The first kappa shape index (κ1) is 25.2. The molecule has 1 N–H and O–H groups in total. The minimum Gasteiger partial charge on any atom is -0.338 e. The third kappa shape index (κ3) is 5.94. The molecule has 2 heterocycles. The van der Waals surface area contributed by atoms with Gasteiger partial charge in [-0.15, -0.1) is 0 Å². The highest BCUT2D eigenvalue weighted by atomic mass is 16.2. The lowest BCUT2D eigenvalue weighted by Gasteiger charge is -2.38. The summed E-state index contributed by atoms with van der Waals surface area (Å²) in [7, 11) is 0. The van der Waals surface area contributed by atoms with E-state index in [9.17, 15) is 9.59 Å². The molecule has 5 rings (SSSR count). The van der Waals surface area contributed by atoms with E-state index in [4.69, 9.17) is 0 Å². The summed E-state index contributed by atoms with van der Waals surface area (Å²) in [6.45, 7) is 6.00. The Labute approximate surface area is 220 Å². The Balaban J connectivity index is 1.16. The number of piperidine rings is 1. The van der Waals surface area contributed by atoms with Crippen LogP contribution in [0.25, 0.3) is 0 Å². The molecule has 3 aromatic carbocycles. The Hall–Kier alpha value is -3.44. The van der Waals surface area contributed by atoms with Crippen LogP contribution < -0.4 is 5.32 Å². The van der Waals surface area contributed by atoms with Crippen molar-refractivity contribution < 1.29 is 9.59 Å². The number of anilines is 1. The van der Waals surface area contributed by atoms with Crippen molar-refractivity contribution in [3.05, 3.63) is 102 Å². The number of likely N-dealkylation sites (tertiary alicyclic amines) is 2. The van der Waals surface area contributed by atoms with Gasteiger partial charge < -0.3 is 15.1 Å². The summed E-state index contributed by atoms with van der Waals surface area (Å²) in [5.74, 6) is 0.634. The summed E-state index contributed by atoms with van der Waals surface area (Å²) in [5.41, 5.74) is 4.44. The number of hydrogen-bond acceptors (Lipinski definition) is 3. The number of rotatable bonds is 8. The van der Waals surface area contributed by atoms with E-state index < -0.39 is 0 Å². The fraction of sp³-hybridized carbons (Fsp3) is 0.375. The summed E-state index contributed by atoms with van der Waals surface area (Å²) in [4.78, 5) is 29.3. The lowest BCUT2D eigenvalue weighted by molar-refractivity contribution is -0.138. The number of carbonyl (C=O) groups excluding carboxylic acids is 2. The Bertz CT molecular complexity index is 1150. The van der Waals surface area contributed by atoms with Crippen LogP contribution in [0.5, 0.6) is 0 Å². The molecule has 0 radical (unpaired) electrons. The summed E-state index contributed by atoms with van der Waals surface area (Å²) < 4.78 is 0. The molecule has 2 aliphatic rings. The molecule has 37 heavy (non-hydrogen) atoms. The van der Waals surface area contributed by atoms with E-state index in [1.54, 1.807) is 0 Å². The number of hydrogen-bond donors (Lipinski definition) is 1. The maximum atomic E-state index is 13.5. The van der Waals surface area contributed by atoms with Gasteiger partial charge in [0.1, 0.15) is 0 Å². The van der Waals surface area contributed by atoms with Gasteiger partial charge in [-0.05, 0) is 74.1 Å². The Morgan fingerprint density at radius 2 is 1.41 bits per heavy atom. The Morgan fingerprint density at radius 1 is 0.838 bits per heavy atom. The summed E-state index contributed by atoms with van der Waals surface area (Å²) in [5, 5.41) is 2.80. The predicted octanol–water partition coefficient (Wildman–Crippen LogP) is 5.68. The average molecular weight is 496 g/mol. The first-order valence-electron chi connectivity index (χ1n) is 13.5. The van der Waals surface area contributed by atoms with E-state index in [1.165, 1.54) is 18.1 Å². The van der Waals surface area contributed by atoms with Crippen LogP contribution in [0, 0.1) is 5.41 Å². The molecular weight excluding hydrogens is 458 g/mol. The van der Waals surface area contributed by atoms with Crippen molar-refractivity contribution in [1.29, 1.82) is 0 Å². The molecule has 0 aliphatic carbocycles. The van der Waals surface area contributed by atoms with Gasteiger partial charge in [0, 0.05) is 31.6 Å². The number of carbonyl (C=O) groups is 2. The molecule has 2 amide bonds. The fourth-order valence-corrected chi connectivity index (χ4v) is 6.04. The van der Waals surface area contributed by atoms with Crippen molar-refractivity contribution in [2.24, 2.45) is 5.41 Å². The van der Waals surface area contributed by atoms with E-state index in [1.807, 2.05) is 29.2 Å². The lowest BCUT2D eigenvalue weighted by Crippen LogP contribution is -2.45. The number of amides is 2. The SMILES string of the molecule is CC(=O)Nc1ccc(CN2CCC3(CCN(CCC(c4ccccc4)c4ccccc4)CC3)C2=O)cc1. The predicted molar refractivity (Wildman–Crippen MR) is 148 cm³/mol. The van der Waals surface area contributed by atoms with Crippen molar-refractivity contribution >= 4 is 17.5 Å². The molecule has 0 atom stereocenters. The molecule has 2 saturated heterocycles. The van der Waals surface area contributed by atoms with E-state index in [0.29, 0.717) is 18.4 Å². The second-order valence-electron chi connectivity index (χ2n) is 10.6. The molecule has 1 spiro atoms. The first-order chi connectivity index (χ1) is 18.0. The molecule has 0 aromatic heterocycles. The van der Waals surface area contributed by atoms with E-state index in [-0.39, 0.29) is 11.3 Å². The molecule has 0 bridgehead atoms. The second kappa shape index (κ2) is 11.3. The minimum absolute atomic E-state index is 0.0774. The minimum atomic E-state index is -0.190. The summed E-state index contributed by atoms with van der Waals surface area (Å²) in [6.07, 6.45) is 3.94. The average Bonchev–Trinajstić information content (AvgIpc) is 3.22. The van der Waals surface area contributed by atoms with Crippen molar-refractivity contribution in [3.8, 4) is 0 Å². The molecule has 192 valence electrons. The van der Waals surface area contributed by atoms with Crippen molar-refractivity contribution in [3.63, 3.8) is 0 Å². The number of nitrogens with zero attached hydrogens (tertiary/aromatic N) is 2. The molecule has 5 heteroatoms. The number of nitrogens with one attached hydrogen (secondary N) is 1. The summed E-state index contributed by atoms with van der Waals surface area (Å²) >= 11 is 0. The topological polar surface area (TPSA) is 52.7 Å². The van der Waals surface area contributed by atoms with Gasteiger partial charge in [0.05, 0.1) is 5.41 Å². The molecule has 0 saturated carbocycles. The van der Waals surface area contributed by atoms with Gasteiger partial charge in [0.15, 0.2) is 0 Å². The first-order valence-corrected chi connectivity index (χ1v) is 13.5. The fourth-order valence-electron chi connectivity index (χ4n) is 6.04. The highest BCUT2D eigenvalue weighted by Gasteiger charge is 2.47. The van der Waals surface area contributed by atoms with Gasteiger partial charge in [0.25, 0.3) is 0 Å². The van der Waals surface area contributed by atoms with Crippen LogP contribution in [0.15, 0.2) is 84.9 Å². The zero-order valence-corrected chi connectivity index (χ0v) is 21.7. The second-order valence-corrected chi connectivity index (χ2v) is 10.6. The lowest BCUT2D eigenvalue weighted by atomic mass is 9.77. The molecular formula is C32H37N3O2. The molecule has 0 unspecified atom stereocenters. The standard InChI is InChI=1S/C32H37N3O2/c1-25(36)33-29-14-12-26(13-15-29)24-35-23-19-32(31(35)37)17-21-34(22-18-32)20-16-30(27-8-4-2-5-9-27)28-10-6-3-7-11-28/h2-15,30H,16-24H2,1H3,(H,33,36). The van der Waals surface area contributed by atoms with Crippen LogP contribution in [0.2, 0.25) is 0 Å². The van der Waals surface area contributed by atoms with Gasteiger partial charge in [-0.25, -0.2) is 0 Å². The van der Waals surface area contributed by atoms with Crippen molar-refractivity contribution in [1.82, 2.24) is 9.80 Å². The molecule has 3 aromatic rings. The highest BCUT2D eigenvalue weighted by Crippen LogP contribution is 2.42. The van der Waals surface area contributed by atoms with Gasteiger partial charge in [-0.2, -0.15) is 0 Å². The molecule has 2 fully saturated rings. The number of benzene rings is 3. The van der Waals surface area contributed by atoms with Crippen LogP contribution in [-0.4, -0.2) is 47.8 Å². The quantitative estimate of drug-likeness (QED) is 0.437. The Morgan fingerprint density at radius 3 is 1.97 bits per heavy atom. The van der Waals surface area contributed by atoms with Crippen LogP contribution >= 0.6 is 0 Å². The summed E-state index contributed by atoms with van der Waals surface area (Å²) in [6, 6.07) is 29.5. The maximum Gasteiger partial charge on any atom is 0.229 e. The normalized spacial score (nSPS) is 17.5. The third-order valence-electron chi connectivity index (χ3n) is 8.20. The third-order valence-corrected chi connectivity index (χ3v) is 8.20. The van der Waals surface area contributed by atoms with Gasteiger partial charge >= 0.3 is 0 Å². The van der Waals surface area contributed by atoms with Crippen LogP contribution in [0.3, 0.4) is 0 Å². The van der Waals surface area contributed by atoms with Gasteiger partial charge in [0.2, 0.25) is 11.8 Å². The molecule has 5 nitrogen and oxygen atoms in total. The van der Waals surface area contributed by atoms with Crippen LogP contribution in [0.1, 0.15) is 55.2 Å². The van der Waals surface area contributed by atoms with Crippen molar-refractivity contribution in [2.75, 3.05) is 31.5 Å². The zero-order valence-electron chi connectivity index (χ0n) is 21.7. The van der Waals surface area contributed by atoms with Crippen LogP contribution in [-0.2, 0) is 16.1 Å². The monoisotopic (exact) mass is 495 g/mol. The van der Waals surface area contributed by atoms with Crippen molar-refractivity contribution in [2.45, 2.75) is 45.1 Å². The van der Waals surface area contributed by atoms with E-state index >= 15 is 0 Å². The van der Waals surface area contributed by atoms with E-state index in [0.717, 1.165) is 63.1 Å². The largest absolute Gasteiger partial charge is 0.338 e. The van der Waals surface area contributed by atoms with Gasteiger partial charge in [-0.1, -0.05) is 72.8 Å². The zero-order chi connectivity index (χ0) is 25.7. The van der Waals surface area contributed by atoms with Crippen LogP contribution in [0.4, 0.5) is 5.69 Å². The Kier molecular flexibility index (Phi) is 7.71.